The molecule has 0 bridgehead atoms. The summed E-state index contributed by atoms with van der Waals surface area (Å²) in [6.45, 7) is 1.85. The van der Waals surface area contributed by atoms with Gasteiger partial charge in [0.05, 0.1) is 13.2 Å². The summed E-state index contributed by atoms with van der Waals surface area (Å²) >= 11 is 0. The van der Waals surface area contributed by atoms with Crippen molar-refractivity contribution in [2.75, 3.05) is 7.11 Å². The number of aromatic amines is 1. The Morgan fingerprint density at radius 1 is 1.47 bits per heavy atom. The SMILES string of the molecule is COc1ccc(Cc2nc(C(C)N)n[nH]2)cn1. The molecule has 1 unspecified atom stereocenters. The molecule has 0 aromatic carbocycles. The molecule has 17 heavy (non-hydrogen) atoms. The van der Waals surface area contributed by atoms with Gasteiger partial charge in [0, 0.05) is 18.7 Å². The third-order valence-corrected chi connectivity index (χ3v) is 2.33. The Kier molecular flexibility index (Phi) is 3.34. The van der Waals surface area contributed by atoms with Crippen LogP contribution < -0.4 is 10.5 Å². The second-order valence-corrected chi connectivity index (χ2v) is 3.81. The standard InChI is InChI=1S/C11H15N5O/c1-7(12)11-14-9(15-16-11)5-8-3-4-10(17-2)13-6-8/h3-4,6-7H,5,12H2,1-2H3,(H,14,15,16). The van der Waals surface area contributed by atoms with Crippen molar-refractivity contribution in [3.05, 3.63) is 35.5 Å². The molecule has 0 aliphatic heterocycles. The van der Waals surface area contributed by atoms with Crippen LogP contribution in [0.4, 0.5) is 0 Å². The summed E-state index contributed by atoms with van der Waals surface area (Å²) in [4.78, 5) is 8.42. The number of ether oxygens (including phenoxy) is 1. The second kappa shape index (κ2) is 4.92. The predicted octanol–water partition coefficient (Wildman–Crippen LogP) is 0.819. The van der Waals surface area contributed by atoms with E-state index in [4.69, 9.17) is 10.5 Å². The molecule has 0 amide bonds. The van der Waals surface area contributed by atoms with Crippen LogP contribution in [0.25, 0.3) is 0 Å². The smallest absolute Gasteiger partial charge is 0.212 e. The lowest BCUT2D eigenvalue weighted by Gasteiger charge is -2.00. The van der Waals surface area contributed by atoms with E-state index in [-0.39, 0.29) is 6.04 Å². The highest BCUT2D eigenvalue weighted by Crippen LogP contribution is 2.10. The van der Waals surface area contributed by atoms with Crippen LogP contribution in [0, 0.1) is 0 Å². The van der Waals surface area contributed by atoms with E-state index in [1.54, 1.807) is 13.3 Å². The summed E-state index contributed by atoms with van der Waals surface area (Å²) in [7, 11) is 1.59. The topological polar surface area (TPSA) is 89.7 Å². The van der Waals surface area contributed by atoms with E-state index >= 15 is 0 Å². The van der Waals surface area contributed by atoms with Gasteiger partial charge in [-0.05, 0) is 12.5 Å². The molecule has 0 saturated carbocycles. The first-order valence-electron chi connectivity index (χ1n) is 5.34. The van der Waals surface area contributed by atoms with Crippen molar-refractivity contribution in [3.63, 3.8) is 0 Å². The van der Waals surface area contributed by atoms with Gasteiger partial charge in [0.25, 0.3) is 0 Å². The highest BCUT2D eigenvalue weighted by Gasteiger charge is 2.07. The maximum absolute atomic E-state index is 5.68. The van der Waals surface area contributed by atoms with Crippen molar-refractivity contribution in [1.82, 2.24) is 20.2 Å². The number of hydrogen-bond donors (Lipinski definition) is 2. The van der Waals surface area contributed by atoms with Crippen molar-refractivity contribution < 1.29 is 4.74 Å². The molecule has 1 atom stereocenters. The van der Waals surface area contributed by atoms with Gasteiger partial charge in [-0.1, -0.05) is 6.07 Å². The van der Waals surface area contributed by atoms with E-state index in [0.717, 1.165) is 11.4 Å². The number of methoxy groups -OCH3 is 1. The van der Waals surface area contributed by atoms with E-state index in [0.29, 0.717) is 18.1 Å². The normalized spacial score (nSPS) is 12.4. The van der Waals surface area contributed by atoms with Gasteiger partial charge >= 0.3 is 0 Å². The molecule has 0 aliphatic rings. The van der Waals surface area contributed by atoms with Crippen molar-refractivity contribution in [3.8, 4) is 5.88 Å². The summed E-state index contributed by atoms with van der Waals surface area (Å²) in [6, 6.07) is 3.60. The first-order chi connectivity index (χ1) is 8.19. The fourth-order valence-corrected chi connectivity index (χ4v) is 1.42. The zero-order valence-electron chi connectivity index (χ0n) is 9.84. The van der Waals surface area contributed by atoms with Crippen LogP contribution in [0.2, 0.25) is 0 Å². The average molecular weight is 233 g/mol. The van der Waals surface area contributed by atoms with Gasteiger partial charge in [-0.2, -0.15) is 5.10 Å². The number of hydrogen-bond acceptors (Lipinski definition) is 5. The molecule has 2 heterocycles. The lowest BCUT2D eigenvalue weighted by atomic mass is 10.2. The lowest BCUT2D eigenvalue weighted by Crippen LogP contribution is -2.06. The molecular formula is C11H15N5O. The Labute approximate surface area is 99.2 Å². The Morgan fingerprint density at radius 3 is 2.82 bits per heavy atom. The molecule has 2 aromatic heterocycles. The summed E-state index contributed by atoms with van der Waals surface area (Å²) in [5.41, 5.74) is 6.72. The molecule has 3 N–H and O–H groups in total. The molecule has 6 heteroatoms. The molecule has 2 rings (SSSR count). The molecule has 0 fully saturated rings. The summed E-state index contributed by atoms with van der Waals surface area (Å²) in [5, 5.41) is 6.90. The first-order valence-corrected chi connectivity index (χ1v) is 5.34. The maximum Gasteiger partial charge on any atom is 0.212 e. The number of aromatic nitrogens is 4. The number of H-pyrrole nitrogens is 1. The van der Waals surface area contributed by atoms with Gasteiger partial charge < -0.3 is 10.5 Å². The predicted molar refractivity (Wildman–Crippen MR) is 62.6 cm³/mol. The highest BCUT2D eigenvalue weighted by atomic mass is 16.5. The molecule has 0 aliphatic carbocycles. The van der Waals surface area contributed by atoms with Crippen LogP contribution in [-0.4, -0.2) is 27.3 Å². The Hall–Kier alpha value is -1.95. The number of nitrogens with zero attached hydrogens (tertiary/aromatic N) is 3. The van der Waals surface area contributed by atoms with Crippen LogP contribution in [0.5, 0.6) is 5.88 Å². The number of pyridine rings is 1. The molecule has 2 aromatic rings. The molecule has 0 saturated heterocycles. The first kappa shape index (κ1) is 11.5. The van der Waals surface area contributed by atoms with E-state index in [9.17, 15) is 0 Å². The van der Waals surface area contributed by atoms with E-state index in [1.807, 2.05) is 19.1 Å². The van der Waals surface area contributed by atoms with Gasteiger partial charge in [0.1, 0.15) is 5.82 Å². The Bertz CT molecular complexity index is 477. The van der Waals surface area contributed by atoms with Gasteiger partial charge in [-0.15, -0.1) is 0 Å². The van der Waals surface area contributed by atoms with Crippen LogP contribution in [0.15, 0.2) is 18.3 Å². The molecule has 90 valence electrons. The summed E-state index contributed by atoms with van der Waals surface area (Å²) in [5.74, 6) is 2.01. The minimum Gasteiger partial charge on any atom is -0.481 e. The maximum atomic E-state index is 5.68. The Morgan fingerprint density at radius 2 is 2.29 bits per heavy atom. The molecular weight excluding hydrogens is 218 g/mol. The number of rotatable bonds is 4. The molecule has 0 spiro atoms. The van der Waals surface area contributed by atoms with E-state index in [1.165, 1.54) is 0 Å². The Balaban J connectivity index is 2.08. The highest BCUT2D eigenvalue weighted by molar-refractivity contribution is 5.20. The van der Waals surface area contributed by atoms with Crippen molar-refractivity contribution >= 4 is 0 Å². The van der Waals surface area contributed by atoms with Crippen molar-refractivity contribution in [1.29, 1.82) is 0 Å². The van der Waals surface area contributed by atoms with E-state index in [2.05, 4.69) is 20.2 Å². The van der Waals surface area contributed by atoms with Gasteiger partial charge in [0.2, 0.25) is 5.88 Å². The number of nitrogens with one attached hydrogen (secondary N) is 1. The number of nitrogens with two attached hydrogens (primary N) is 1. The fourth-order valence-electron chi connectivity index (χ4n) is 1.42. The van der Waals surface area contributed by atoms with Crippen LogP contribution in [0.1, 0.15) is 30.2 Å². The van der Waals surface area contributed by atoms with Gasteiger partial charge in [-0.3, -0.25) is 5.10 Å². The van der Waals surface area contributed by atoms with Crippen LogP contribution in [0.3, 0.4) is 0 Å². The zero-order valence-corrected chi connectivity index (χ0v) is 9.84. The molecule has 0 radical (unpaired) electrons. The van der Waals surface area contributed by atoms with Crippen molar-refractivity contribution in [2.45, 2.75) is 19.4 Å². The lowest BCUT2D eigenvalue weighted by molar-refractivity contribution is 0.397. The fraction of sp³-hybridized carbons (Fsp3) is 0.364. The van der Waals surface area contributed by atoms with E-state index < -0.39 is 0 Å². The van der Waals surface area contributed by atoms with Crippen LogP contribution >= 0.6 is 0 Å². The second-order valence-electron chi connectivity index (χ2n) is 3.81. The molecule has 6 nitrogen and oxygen atoms in total. The van der Waals surface area contributed by atoms with Gasteiger partial charge in [-0.25, -0.2) is 9.97 Å². The zero-order chi connectivity index (χ0) is 12.3. The summed E-state index contributed by atoms with van der Waals surface area (Å²) in [6.07, 6.45) is 2.41. The van der Waals surface area contributed by atoms with Gasteiger partial charge in [0.15, 0.2) is 5.82 Å². The van der Waals surface area contributed by atoms with Crippen LogP contribution in [-0.2, 0) is 6.42 Å². The minimum absolute atomic E-state index is 0.158. The quantitative estimate of drug-likeness (QED) is 0.816. The summed E-state index contributed by atoms with van der Waals surface area (Å²) < 4.78 is 4.99. The third-order valence-electron chi connectivity index (χ3n) is 2.33. The largest absolute Gasteiger partial charge is 0.481 e. The minimum atomic E-state index is -0.158. The average Bonchev–Trinajstić information content (AvgIpc) is 2.79. The van der Waals surface area contributed by atoms with Crippen molar-refractivity contribution in [2.24, 2.45) is 5.73 Å². The monoisotopic (exact) mass is 233 g/mol. The third kappa shape index (κ3) is 2.79.